The molecule has 0 aliphatic rings. The van der Waals surface area contributed by atoms with Gasteiger partial charge in [0.2, 0.25) is 0 Å². The lowest BCUT2D eigenvalue weighted by Gasteiger charge is -2.10. The molecular formula is C7H14O3. The van der Waals surface area contributed by atoms with Gasteiger partial charge in [-0.3, -0.25) is 4.79 Å². The Morgan fingerprint density at radius 1 is 1.50 bits per heavy atom. The number of aliphatic hydroxyl groups is 1. The number of hydrogen-bond acceptors (Lipinski definition) is 2. The normalized spacial score (nSPS) is 16.3. The van der Waals surface area contributed by atoms with Crippen LogP contribution >= 0.6 is 0 Å². The van der Waals surface area contributed by atoms with Crippen molar-refractivity contribution in [1.82, 2.24) is 0 Å². The van der Waals surface area contributed by atoms with E-state index in [-0.39, 0.29) is 18.4 Å². The molecule has 0 aliphatic carbocycles. The van der Waals surface area contributed by atoms with Gasteiger partial charge in [-0.05, 0) is 12.3 Å². The minimum atomic E-state index is -0.791. The van der Waals surface area contributed by atoms with Gasteiger partial charge in [0, 0.05) is 6.61 Å². The number of aliphatic carboxylic acids is 1. The second-order valence-electron chi connectivity index (χ2n) is 2.76. The molecule has 2 N–H and O–H groups in total. The van der Waals surface area contributed by atoms with Gasteiger partial charge in [-0.15, -0.1) is 0 Å². The number of carbonyl (C=O) groups is 1. The minimum absolute atomic E-state index is 0.0671. The highest BCUT2D eigenvalue weighted by atomic mass is 16.4. The van der Waals surface area contributed by atoms with Crippen molar-refractivity contribution in [3.05, 3.63) is 0 Å². The molecule has 2 atom stereocenters. The maximum absolute atomic E-state index is 10.3. The van der Waals surface area contributed by atoms with Crippen LogP contribution in [0.3, 0.4) is 0 Å². The van der Waals surface area contributed by atoms with Crippen LogP contribution in [0.5, 0.6) is 0 Å². The van der Waals surface area contributed by atoms with Gasteiger partial charge in [-0.1, -0.05) is 13.8 Å². The van der Waals surface area contributed by atoms with E-state index < -0.39 is 5.97 Å². The summed E-state index contributed by atoms with van der Waals surface area (Å²) in [5.74, 6) is -1.05. The minimum Gasteiger partial charge on any atom is -0.481 e. The first-order valence-corrected chi connectivity index (χ1v) is 3.41. The van der Waals surface area contributed by atoms with E-state index >= 15 is 0 Å². The maximum Gasteiger partial charge on any atom is 0.306 e. The first-order valence-electron chi connectivity index (χ1n) is 3.41. The Bertz CT molecular complexity index is 111. The van der Waals surface area contributed by atoms with Crippen molar-refractivity contribution in [2.75, 3.05) is 6.61 Å². The number of carboxylic acids is 1. The summed E-state index contributed by atoms with van der Waals surface area (Å²) >= 11 is 0. The Balaban J connectivity index is 3.56. The molecule has 0 heterocycles. The molecule has 0 radical (unpaired) electrons. The Kier molecular flexibility index (Phi) is 4.03. The summed E-state index contributed by atoms with van der Waals surface area (Å²) in [6.07, 6.45) is 0.547. The van der Waals surface area contributed by atoms with Gasteiger partial charge in [-0.2, -0.15) is 0 Å². The monoisotopic (exact) mass is 146 g/mol. The van der Waals surface area contributed by atoms with E-state index in [0.717, 1.165) is 0 Å². The van der Waals surface area contributed by atoms with E-state index in [2.05, 4.69) is 0 Å². The van der Waals surface area contributed by atoms with E-state index in [1.54, 1.807) is 6.92 Å². The van der Waals surface area contributed by atoms with E-state index in [0.29, 0.717) is 6.42 Å². The standard InChI is InChI=1S/C7H14O3/c1-5(4-8)3-6(2)7(9)10/h5-6,8H,3-4H2,1-2H3,(H,9,10). The molecule has 0 bridgehead atoms. The lowest BCUT2D eigenvalue weighted by Crippen LogP contribution is -2.14. The van der Waals surface area contributed by atoms with E-state index in [1.807, 2.05) is 6.92 Å². The fourth-order valence-corrected chi connectivity index (χ4v) is 0.779. The van der Waals surface area contributed by atoms with Gasteiger partial charge in [0.15, 0.2) is 0 Å². The second-order valence-corrected chi connectivity index (χ2v) is 2.76. The largest absolute Gasteiger partial charge is 0.481 e. The maximum atomic E-state index is 10.3. The van der Waals surface area contributed by atoms with E-state index in [4.69, 9.17) is 10.2 Å². The summed E-state index contributed by atoms with van der Waals surface area (Å²) < 4.78 is 0. The van der Waals surface area contributed by atoms with Gasteiger partial charge < -0.3 is 10.2 Å². The molecule has 2 unspecified atom stereocenters. The smallest absolute Gasteiger partial charge is 0.306 e. The molecule has 0 aromatic carbocycles. The Labute approximate surface area is 60.7 Å². The summed E-state index contributed by atoms with van der Waals surface area (Å²) in [7, 11) is 0. The average molecular weight is 146 g/mol. The highest BCUT2D eigenvalue weighted by Gasteiger charge is 2.13. The Morgan fingerprint density at radius 2 is 2.00 bits per heavy atom. The molecule has 0 aliphatic heterocycles. The molecule has 0 fully saturated rings. The predicted molar refractivity (Wildman–Crippen MR) is 37.7 cm³/mol. The summed E-state index contributed by atoms with van der Waals surface area (Å²) in [4.78, 5) is 10.3. The van der Waals surface area contributed by atoms with Crippen LogP contribution < -0.4 is 0 Å². The van der Waals surface area contributed by atoms with Crippen LogP contribution in [0.25, 0.3) is 0 Å². The molecule has 3 nitrogen and oxygen atoms in total. The van der Waals surface area contributed by atoms with E-state index in [1.165, 1.54) is 0 Å². The molecule has 0 spiro atoms. The fraction of sp³-hybridized carbons (Fsp3) is 0.857. The fourth-order valence-electron chi connectivity index (χ4n) is 0.779. The van der Waals surface area contributed by atoms with Gasteiger partial charge in [0.05, 0.1) is 5.92 Å². The van der Waals surface area contributed by atoms with Crippen molar-refractivity contribution in [1.29, 1.82) is 0 Å². The van der Waals surface area contributed by atoms with Crippen LogP contribution in [0.2, 0.25) is 0 Å². The molecule has 0 aromatic heterocycles. The SMILES string of the molecule is CC(CO)CC(C)C(=O)O. The van der Waals surface area contributed by atoms with Crippen molar-refractivity contribution in [3.8, 4) is 0 Å². The second kappa shape index (κ2) is 4.28. The topological polar surface area (TPSA) is 57.5 Å². The van der Waals surface area contributed by atoms with Crippen molar-refractivity contribution in [2.45, 2.75) is 20.3 Å². The van der Waals surface area contributed by atoms with Gasteiger partial charge in [0.1, 0.15) is 0 Å². The number of carboxylic acid groups (broad SMARTS) is 1. The lowest BCUT2D eigenvalue weighted by molar-refractivity contribution is -0.141. The first kappa shape index (κ1) is 9.43. The molecular weight excluding hydrogens is 132 g/mol. The van der Waals surface area contributed by atoms with Crippen molar-refractivity contribution < 1.29 is 15.0 Å². The van der Waals surface area contributed by atoms with Crippen LogP contribution in [-0.2, 0) is 4.79 Å². The first-order chi connectivity index (χ1) is 4.57. The third-order valence-corrected chi connectivity index (χ3v) is 1.49. The van der Waals surface area contributed by atoms with E-state index in [9.17, 15) is 4.79 Å². The third-order valence-electron chi connectivity index (χ3n) is 1.49. The zero-order valence-electron chi connectivity index (χ0n) is 6.37. The third kappa shape index (κ3) is 3.45. The number of aliphatic hydroxyl groups excluding tert-OH is 1. The molecule has 10 heavy (non-hydrogen) atoms. The quantitative estimate of drug-likeness (QED) is 0.614. The van der Waals surface area contributed by atoms with Crippen LogP contribution in [0.1, 0.15) is 20.3 Å². The van der Waals surface area contributed by atoms with Crippen molar-refractivity contribution >= 4 is 5.97 Å². The Hall–Kier alpha value is -0.570. The zero-order valence-corrected chi connectivity index (χ0v) is 6.37. The molecule has 60 valence electrons. The highest BCUT2D eigenvalue weighted by Crippen LogP contribution is 2.10. The van der Waals surface area contributed by atoms with Gasteiger partial charge in [0.25, 0.3) is 0 Å². The molecule has 0 saturated heterocycles. The summed E-state index contributed by atoms with van der Waals surface area (Å²) in [5, 5.41) is 17.0. The molecule has 0 saturated carbocycles. The average Bonchev–Trinajstić information content (AvgIpc) is 1.87. The Morgan fingerprint density at radius 3 is 2.30 bits per heavy atom. The predicted octanol–water partition coefficient (Wildman–Crippen LogP) is 0.726. The molecule has 3 heteroatoms. The van der Waals surface area contributed by atoms with Crippen LogP contribution in [0.4, 0.5) is 0 Å². The van der Waals surface area contributed by atoms with Crippen molar-refractivity contribution in [3.63, 3.8) is 0 Å². The van der Waals surface area contributed by atoms with Gasteiger partial charge in [-0.25, -0.2) is 0 Å². The zero-order chi connectivity index (χ0) is 8.15. The lowest BCUT2D eigenvalue weighted by atomic mass is 9.98. The number of rotatable bonds is 4. The van der Waals surface area contributed by atoms with Crippen LogP contribution in [0.15, 0.2) is 0 Å². The summed E-state index contributed by atoms with van der Waals surface area (Å²) in [6, 6.07) is 0. The highest BCUT2D eigenvalue weighted by molar-refractivity contribution is 5.69. The van der Waals surface area contributed by atoms with Crippen LogP contribution in [-0.4, -0.2) is 22.8 Å². The molecule has 0 rings (SSSR count). The van der Waals surface area contributed by atoms with Gasteiger partial charge >= 0.3 is 5.97 Å². The molecule has 0 aromatic rings. The number of hydrogen-bond donors (Lipinski definition) is 2. The summed E-state index contributed by atoms with van der Waals surface area (Å²) in [5.41, 5.74) is 0. The summed E-state index contributed by atoms with van der Waals surface area (Å²) in [6.45, 7) is 3.55. The van der Waals surface area contributed by atoms with Crippen molar-refractivity contribution in [2.24, 2.45) is 11.8 Å². The van der Waals surface area contributed by atoms with Crippen LogP contribution in [0, 0.1) is 11.8 Å². The molecule has 0 amide bonds.